The molecule has 0 aliphatic rings. The van der Waals surface area contributed by atoms with E-state index in [0.717, 1.165) is 4.47 Å². The molecule has 0 fully saturated rings. The zero-order valence-corrected chi connectivity index (χ0v) is 20.0. The zero-order chi connectivity index (χ0) is 23.9. The van der Waals surface area contributed by atoms with Crippen LogP contribution in [0, 0.1) is 13.8 Å². The molecule has 4 N–H and O–H groups in total. The number of esters is 1. The lowest BCUT2D eigenvalue weighted by Crippen LogP contribution is -2.19. The summed E-state index contributed by atoms with van der Waals surface area (Å²) >= 11 is 3.39. The third kappa shape index (κ3) is 4.25. The molecule has 0 saturated heterocycles. The largest absolute Gasteiger partial charge is 0.460 e. The van der Waals surface area contributed by atoms with Gasteiger partial charge in [-0.25, -0.2) is 4.79 Å². The second-order valence-electron chi connectivity index (χ2n) is 8.01. The Bertz CT molecular complexity index is 1380. The Kier molecular flexibility index (Phi) is 6.03. The summed E-state index contributed by atoms with van der Waals surface area (Å²) in [5.74, 6) is -0.443. The van der Waals surface area contributed by atoms with Crippen molar-refractivity contribution in [1.29, 1.82) is 0 Å². The number of carbonyl (C=O) groups is 1. The number of H-pyrrole nitrogens is 4. The highest BCUT2D eigenvalue weighted by molar-refractivity contribution is 9.10. The van der Waals surface area contributed by atoms with E-state index in [9.17, 15) is 14.4 Å². The predicted octanol–water partition coefficient (Wildman–Crippen LogP) is 4.10. The van der Waals surface area contributed by atoms with Crippen molar-refractivity contribution in [3.8, 4) is 11.3 Å². The quantitative estimate of drug-likeness (QED) is 0.287. The summed E-state index contributed by atoms with van der Waals surface area (Å²) in [7, 11) is 0. The van der Waals surface area contributed by atoms with E-state index >= 15 is 0 Å². The van der Waals surface area contributed by atoms with Gasteiger partial charge in [0.25, 0.3) is 11.1 Å². The zero-order valence-electron chi connectivity index (χ0n) is 18.5. The molecule has 33 heavy (non-hydrogen) atoms. The number of aryl methyl sites for hydroxylation is 2. The summed E-state index contributed by atoms with van der Waals surface area (Å²) < 4.78 is 12.3. The van der Waals surface area contributed by atoms with Crippen molar-refractivity contribution in [2.75, 3.05) is 0 Å². The number of furan rings is 1. The molecule has 1 aromatic carbocycles. The van der Waals surface area contributed by atoms with Crippen LogP contribution in [0.4, 0.5) is 0 Å². The normalized spacial score (nSPS) is 11.5. The van der Waals surface area contributed by atoms with Gasteiger partial charge in [-0.1, -0.05) is 15.9 Å². The summed E-state index contributed by atoms with van der Waals surface area (Å²) in [6.45, 7) is 7.04. The second kappa shape index (κ2) is 8.78. The summed E-state index contributed by atoms with van der Waals surface area (Å²) in [4.78, 5) is 37.9. The van der Waals surface area contributed by atoms with Gasteiger partial charge in [0.2, 0.25) is 0 Å². The smallest absolute Gasteiger partial charge is 0.339 e. The number of nitrogens with one attached hydrogen (secondary N) is 4. The van der Waals surface area contributed by atoms with Crippen LogP contribution in [0.25, 0.3) is 11.3 Å². The molecule has 0 unspecified atom stereocenters. The fourth-order valence-corrected chi connectivity index (χ4v) is 4.23. The molecule has 0 saturated carbocycles. The third-order valence-corrected chi connectivity index (χ3v) is 5.82. The number of aromatic amines is 4. The first-order chi connectivity index (χ1) is 15.7. The summed E-state index contributed by atoms with van der Waals surface area (Å²) in [6, 6.07) is 8.63. The molecule has 3 aromatic heterocycles. The van der Waals surface area contributed by atoms with Gasteiger partial charge < -0.3 is 19.4 Å². The van der Waals surface area contributed by atoms with Crippen LogP contribution < -0.4 is 11.1 Å². The molecule has 172 valence electrons. The molecule has 0 aliphatic carbocycles. The topological polar surface area (TPSA) is 137 Å². The van der Waals surface area contributed by atoms with E-state index in [1.807, 2.05) is 0 Å². The molecule has 0 atom stereocenters. The Balaban J connectivity index is 1.87. The molecule has 0 bridgehead atoms. The van der Waals surface area contributed by atoms with Crippen molar-refractivity contribution < 1.29 is 13.9 Å². The fourth-order valence-electron chi connectivity index (χ4n) is 3.87. The second-order valence-corrected chi connectivity index (χ2v) is 8.93. The number of hydrogen-bond donors (Lipinski definition) is 4. The maximum atomic E-state index is 12.7. The number of ether oxygens (including phenoxy) is 1. The van der Waals surface area contributed by atoms with Crippen LogP contribution >= 0.6 is 15.9 Å². The summed E-state index contributed by atoms with van der Waals surface area (Å²) in [5.41, 5.74) is 2.11. The number of carbonyl (C=O) groups excluding carboxylic acids is 1. The average molecular weight is 515 g/mol. The van der Waals surface area contributed by atoms with E-state index in [4.69, 9.17) is 9.15 Å². The van der Waals surface area contributed by atoms with E-state index in [1.54, 1.807) is 58.0 Å². The van der Waals surface area contributed by atoms with Gasteiger partial charge in [-0.05, 0) is 58.0 Å². The Morgan fingerprint density at radius 3 is 2.06 bits per heavy atom. The highest BCUT2D eigenvalue weighted by Crippen LogP contribution is 2.36. The molecular weight excluding hydrogens is 492 g/mol. The lowest BCUT2D eigenvalue weighted by atomic mass is 9.89. The predicted molar refractivity (Wildman–Crippen MR) is 126 cm³/mol. The van der Waals surface area contributed by atoms with Gasteiger partial charge in [0.15, 0.2) is 0 Å². The Morgan fingerprint density at radius 1 is 0.939 bits per heavy atom. The van der Waals surface area contributed by atoms with Gasteiger partial charge in [-0.15, -0.1) is 0 Å². The van der Waals surface area contributed by atoms with E-state index < -0.39 is 11.9 Å². The van der Waals surface area contributed by atoms with E-state index in [1.165, 1.54) is 0 Å². The first-order valence-electron chi connectivity index (χ1n) is 10.3. The molecule has 0 amide bonds. The molecule has 0 aliphatic heterocycles. The molecule has 9 nitrogen and oxygen atoms in total. The fraction of sp³-hybridized carbons (Fsp3) is 0.261. The van der Waals surface area contributed by atoms with Crippen LogP contribution in [0.5, 0.6) is 0 Å². The summed E-state index contributed by atoms with van der Waals surface area (Å²) in [5, 5.41) is 10.7. The van der Waals surface area contributed by atoms with Crippen molar-refractivity contribution in [1.82, 2.24) is 20.4 Å². The Labute approximate surface area is 196 Å². The van der Waals surface area contributed by atoms with Crippen LogP contribution in [-0.2, 0) is 4.74 Å². The van der Waals surface area contributed by atoms with Gasteiger partial charge in [0, 0.05) is 21.4 Å². The molecule has 4 rings (SSSR count). The van der Waals surface area contributed by atoms with Crippen LogP contribution in [0.1, 0.15) is 58.4 Å². The van der Waals surface area contributed by atoms with Crippen molar-refractivity contribution in [3.05, 3.63) is 89.4 Å². The number of hydrogen-bond acceptors (Lipinski definition) is 5. The Hall–Kier alpha value is -3.53. The van der Waals surface area contributed by atoms with E-state index in [0.29, 0.717) is 45.2 Å². The van der Waals surface area contributed by atoms with Crippen LogP contribution in [0.3, 0.4) is 0 Å². The number of rotatable bonds is 6. The monoisotopic (exact) mass is 514 g/mol. The molecule has 3 heterocycles. The SMILES string of the molecule is Cc1[nH][nH]c(=O)c1C(c1ccc(-c2ccc(Br)cc2C(=O)OC(C)C)o1)c1c(C)[nH][nH]c1=O. The minimum Gasteiger partial charge on any atom is -0.460 e. The first-order valence-corrected chi connectivity index (χ1v) is 11.1. The molecule has 10 heteroatoms. The highest BCUT2D eigenvalue weighted by atomic mass is 79.9. The minimum atomic E-state index is -0.759. The van der Waals surface area contributed by atoms with E-state index in [-0.39, 0.29) is 17.2 Å². The van der Waals surface area contributed by atoms with Gasteiger partial charge in [0.1, 0.15) is 11.5 Å². The van der Waals surface area contributed by atoms with Crippen molar-refractivity contribution >= 4 is 21.9 Å². The van der Waals surface area contributed by atoms with Crippen LogP contribution in [0.15, 0.2) is 48.8 Å². The van der Waals surface area contributed by atoms with Crippen molar-refractivity contribution in [2.24, 2.45) is 0 Å². The Morgan fingerprint density at radius 2 is 1.55 bits per heavy atom. The molecule has 0 spiro atoms. The molecule has 4 aromatic rings. The van der Waals surface area contributed by atoms with Gasteiger partial charge in [-0.3, -0.25) is 19.8 Å². The highest BCUT2D eigenvalue weighted by Gasteiger charge is 2.31. The number of benzene rings is 1. The number of aromatic nitrogens is 4. The third-order valence-electron chi connectivity index (χ3n) is 5.32. The van der Waals surface area contributed by atoms with Gasteiger partial charge >= 0.3 is 5.97 Å². The van der Waals surface area contributed by atoms with Crippen LogP contribution in [-0.4, -0.2) is 32.5 Å². The number of halogens is 1. The summed E-state index contributed by atoms with van der Waals surface area (Å²) in [6.07, 6.45) is -0.285. The average Bonchev–Trinajstić information content (AvgIpc) is 3.45. The van der Waals surface area contributed by atoms with E-state index in [2.05, 4.69) is 36.3 Å². The van der Waals surface area contributed by atoms with Gasteiger partial charge in [0.05, 0.1) is 28.7 Å². The first kappa shape index (κ1) is 22.7. The van der Waals surface area contributed by atoms with Crippen molar-refractivity contribution in [3.63, 3.8) is 0 Å². The lowest BCUT2D eigenvalue weighted by Gasteiger charge is -2.13. The van der Waals surface area contributed by atoms with Gasteiger partial charge in [-0.2, -0.15) is 0 Å². The minimum absolute atomic E-state index is 0.285. The lowest BCUT2D eigenvalue weighted by molar-refractivity contribution is 0.0378. The maximum Gasteiger partial charge on any atom is 0.339 e. The van der Waals surface area contributed by atoms with Crippen molar-refractivity contribution in [2.45, 2.75) is 39.7 Å². The standard InChI is InChI=1S/C23H23BrN4O5/c1-10(2)32-23(31)15-9-13(24)5-6-14(15)16-7-8-17(33-16)20(18-11(3)25-27-21(18)29)19-12(4)26-28-22(19)30/h5-10,20H,1-4H3,(H2,25,27,29)(H2,26,28,30). The maximum absolute atomic E-state index is 12.7. The molecular formula is C23H23BrN4O5. The molecule has 0 radical (unpaired) electrons. The van der Waals surface area contributed by atoms with Crippen LogP contribution in [0.2, 0.25) is 0 Å².